The van der Waals surface area contributed by atoms with E-state index in [4.69, 9.17) is 4.74 Å². The maximum Gasteiger partial charge on any atom is 0.255 e. The van der Waals surface area contributed by atoms with Crippen LogP contribution in [0.1, 0.15) is 95.0 Å². The minimum absolute atomic E-state index is 0.0819. The van der Waals surface area contributed by atoms with Gasteiger partial charge in [-0.25, -0.2) is 4.39 Å². The zero-order valence-corrected chi connectivity index (χ0v) is 32.8. The molecular weight excluding hydrogens is 732 g/mol. The number of aromatic hydroxyl groups is 1. The molecule has 5 atom stereocenters. The van der Waals surface area contributed by atoms with Crippen molar-refractivity contribution in [2.75, 3.05) is 37.7 Å². The van der Waals surface area contributed by atoms with Crippen LogP contribution in [0.4, 0.5) is 10.1 Å². The highest BCUT2D eigenvalue weighted by Crippen LogP contribution is 2.52. The molecule has 3 amide bonds. The standard InChI is InChI=1S/C48H51FN4O5/c49-48(29-58-39-11-6-31(7-12-39)45-40(30-4-2-1-3-5-30)13-8-32-25-38(54)10-15-41(32)45)26-33-22-37(23-34(33)27-48)52-20-18-51(19-21-52)36-9-14-42-35(24-36)28-53(47(42)57)43-16-17-44(55)50-46(43)56/h1-7,9-12,14-15,24-25,33-34,37,40,43,45,54H,8,13,16-23,26-29H2,(H,50,55,56)/t33?,34?,37?,40-,43-,45+,48?/m1/s1. The van der Waals surface area contributed by atoms with E-state index in [-0.39, 0.29) is 36.7 Å². The van der Waals surface area contributed by atoms with Crippen molar-refractivity contribution in [3.63, 3.8) is 0 Å². The van der Waals surface area contributed by atoms with Crippen molar-refractivity contribution in [2.24, 2.45) is 11.8 Å². The molecule has 10 heteroatoms. The third-order valence-corrected chi connectivity index (χ3v) is 14.3. The molecule has 3 aliphatic carbocycles. The van der Waals surface area contributed by atoms with Gasteiger partial charge in [0.05, 0.1) is 0 Å². The van der Waals surface area contributed by atoms with Crippen LogP contribution in [0.5, 0.6) is 11.5 Å². The third kappa shape index (κ3) is 6.93. The largest absolute Gasteiger partial charge is 0.508 e. The van der Waals surface area contributed by atoms with Gasteiger partial charge in [-0.15, -0.1) is 0 Å². The number of benzene rings is 4. The fourth-order valence-electron chi connectivity index (χ4n) is 11.5. The number of carbonyl (C=O) groups excluding carboxylic acids is 3. The molecule has 0 spiro atoms. The van der Waals surface area contributed by atoms with Crippen molar-refractivity contribution in [1.82, 2.24) is 15.1 Å². The average molecular weight is 783 g/mol. The normalized spacial score (nSPS) is 29.6. The van der Waals surface area contributed by atoms with Gasteiger partial charge in [0, 0.05) is 62.4 Å². The van der Waals surface area contributed by atoms with Gasteiger partial charge in [0.1, 0.15) is 29.8 Å². The van der Waals surface area contributed by atoms with Crippen LogP contribution in [0, 0.1) is 11.8 Å². The minimum atomic E-state index is -1.32. The second-order valence-corrected chi connectivity index (χ2v) is 17.7. The van der Waals surface area contributed by atoms with E-state index >= 15 is 4.39 Å². The van der Waals surface area contributed by atoms with Crippen LogP contribution in [-0.4, -0.2) is 83.2 Å². The second-order valence-electron chi connectivity index (χ2n) is 17.7. The van der Waals surface area contributed by atoms with Gasteiger partial charge in [-0.1, -0.05) is 48.5 Å². The second kappa shape index (κ2) is 14.9. The number of halogens is 1. The summed E-state index contributed by atoms with van der Waals surface area (Å²) < 4.78 is 22.6. The number of hydrogen-bond acceptors (Lipinski definition) is 7. The molecule has 2 saturated heterocycles. The van der Waals surface area contributed by atoms with Crippen LogP contribution in [0.25, 0.3) is 0 Å². The van der Waals surface area contributed by atoms with Crippen LogP contribution in [0.15, 0.2) is 91.0 Å². The van der Waals surface area contributed by atoms with E-state index < -0.39 is 11.7 Å². The molecule has 3 heterocycles. The Morgan fingerprint density at radius 1 is 0.793 bits per heavy atom. The van der Waals surface area contributed by atoms with Gasteiger partial charge in [0.2, 0.25) is 11.8 Å². The molecule has 4 aromatic rings. The summed E-state index contributed by atoms with van der Waals surface area (Å²) in [5.41, 5.74) is 6.32. The first-order valence-corrected chi connectivity index (χ1v) is 21.2. The summed E-state index contributed by atoms with van der Waals surface area (Å²) >= 11 is 0. The van der Waals surface area contributed by atoms with E-state index in [2.05, 4.69) is 69.7 Å². The summed E-state index contributed by atoms with van der Waals surface area (Å²) in [6.45, 7) is 4.13. The van der Waals surface area contributed by atoms with Gasteiger partial charge in [-0.3, -0.25) is 24.6 Å². The Balaban J connectivity index is 0.720. The number of nitrogens with zero attached hydrogens (tertiary/aromatic N) is 3. The van der Waals surface area contributed by atoms with Gasteiger partial charge in [-0.05, 0) is 133 Å². The summed E-state index contributed by atoms with van der Waals surface area (Å²) in [5.74, 6) is 1.42. The van der Waals surface area contributed by atoms with Crippen LogP contribution in [0.2, 0.25) is 0 Å². The van der Waals surface area contributed by atoms with Crippen LogP contribution in [0.3, 0.4) is 0 Å². The molecule has 58 heavy (non-hydrogen) atoms. The predicted octanol–water partition coefficient (Wildman–Crippen LogP) is 7.11. The number of ether oxygens (including phenoxy) is 1. The maximum atomic E-state index is 16.4. The summed E-state index contributed by atoms with van der Waals surface area (Å²) in [5, 5.41) is 12.6. The van der Waals surface area contributed by atoms with Crippen molar-refractivity contribution in [1.29, 1.82) is 0 Å². The predicted molar refractivity (Wildman–Crippen MR) is 219 cm³/mol. The lowest BCUT2D eigenvalue weighted by molar-refractivity contribution is -0.136. The average Bonchev–Trinajstić information content (AvgIpc) is 3.89. The smallest absolute Gasteiger partial charge is 0.255 e. The number of phenolic OH excluding ortho intramolecular Hbond substituents is 1. The first-order chi connectivity index (χ1) is 28.2. The SMILES string of the molecule is O=C1CC[C@@H](N2Cc3cc(N4CCN(C5CC6CC(F)(COc7ccc([C@@H]8c9ccc(O)cc9CC[C@@H]8c8ccccc8)cc7)CC6C5)CC4)ccc3C2=O)C(=O)N1. The quantitative estimate of drug-likeness (QED) is 0.184. The van der Waals surface area contributed by atoms with Crippen molar-refractivity contribution in [2.45, 2.75) is 87.5 Å². The zero-order chi connectivity index (χ0) is 39.5. The number of phenols is 1. The Kier molecular flexibility index (Phi) is 9.50. The molecule has 2 unspecified atom stereocenters. The van der Waals surface area contributed by atoms with Crippen LogP contribution < -0.4 is 15.0 Å². The van der Waals surface area contributed by atoms with Crippen LogP contribution >= 0.6 is 0 Å². The maximum absolute atomic E-state index is 16.4. The van der Waals surface area contributed by atoms with E-state index in [9.17, 15) is 19.5 Å². The number of piperidine rings is 1. The molecule has 0 radical (unpaired) electrons. The molecule has 2 N–H and O–H groups in total. The van der Waals surface area contributed by atoms with Crippen molar-refractivity contribution >= 4 is 23.4 Å². The molecule has 4 aromatic carbocycles. The highest BCUT2D eigenvalue weighted by atomic mass is 19.1. The van der Waals surface area contributed by atoms with E-state index in [0.29, 0.717) is 66.7 Å². The lowest BCUT2D eigenvalue weighted by Crippen LogP contribution is -2.52. The zero-order valence-electron chi connectivity index (χ0n) is 32.8. The lowest BCUT2D eigenvalue weighted by atomic mass is 9.69. The summed E-state index contributed by atoms with van der Waals surface area (Å²) in [7, 11) is 0. The number of nitrogens with one attached hydrogen (secondary N) is 1. The Bertz CT molecular complexity index is 2210. The Labute approximate surface area is 339 Å². The van der Waals surface area contributed by atoms with E-state index in [0.717, 1.165) is 63.1 Å². The molecule has 2 saturated carbocycles. The fourth-order valence-corrected chi connectivity index (χ4v) is 11.5. The van der Waals surface area contributed by atoms with Crippen molar-refractivity contribution in [3.8, 4) is 11.5 Å². The molecule has 300 valence electrons. The molecule has 0 aromatic heterocycles. The van der Waals surface area contributed by atoms with Gasteiger partial charge in [0.25, 0.3) is 5.91 Å². The third-order valence-electron chi connectivity index (χ3n) is 14.3. The number of imide groups is 1. The first-order valence-electron chi connectivity index (χ1n) is 21.2. The van der Waals surface area contributed by atoms with Crippen molar-refractivity contribution in [3.05, 3.63) is 124 Å². The van der Waals surface area contributed by atoms with Crippen molar-refractivity contribution < 1.29 is 28.6 Å². The molecule has 9 nitrogen and oxygen atoms in total. The Hall–Kier alpha value is -5.22. The van der Waals surface area contributed by atoms with E-state index in [1.165, 1.54) is 22.3 Å². The fraction of sp³-hybridized carbons (Fsp3) is 0.438. The number of aryl methyl sites for hydroxylation is 1. The molecule has 0 bridgehead atoms. The monoisotopic (exact) mass is 782 g/mol. The number of piperazine rings is 1. The highest BCUT2D eigenvalue weighted by molar-refractivity contribution is 6.05. The minimum Gasteiger partial charge on any atom is -0.508 e. The number of carbonyl (C=O) groups is 3. The molecule has 6 aliphatic rings. The van der Waals surface area contributed by atoms with Crippen LogP contribution in [-0.2, 0) is 22.6 Å². The number of amides is 3. The van der Waals surface area contributed by atoms with E-state index in [1.54, 1.807) is 11.0 Å². The number of alkyl halides is 1. The number of anilines is 1. The van der Waals surface area contributed by atoms with Gasteiger partial charge < -0.3 is 19.6 Å². The molecule has 10 rings (SSSR count). The highest BCUT2D eigenvalue weighted by Gasteiger charge is 2.51. The molecular formula is C48H51FN4O5. The number of fused-ring (bicyclic) bond motifs is 3. The summed E-state index contributed by atoms with van der Waals surface area (Å²) in [6, 6.07) is 30.6. The number of rotatable bonds is 8. The number of hydrogen-bond donors (Lipinski definition) is 2. The van der Waals surface area contributed by atoms with E-state index in [1.807, 2.05) is 30.3 Å². The topological polar surface area (TPSA) is 102 Å². The first kappa shape index (κ1) is 37.1. The summed E-state index contributed by atoms with van der Waals surface area (Å²) in [6.07, 6.45) is 5.71. The Morgan fingerprint density at radius 3 is 2.29 bits per heavy atom. The van der Waals surface area contributed by atoms with Gasteiger partial charge >= 0.3 is 0 Å². The lowest BCUT2D eigenvalue weighted by Gasteiger charge is -2.39. The van der Waals surface area contributed by atoms with Gasteiger partial charge in [0.15, 0.2) is 0 Å². The Morgan fingerprint density at radius 2 is 1.55 bits per heavy atom. The molecule has 3 aliphatic heterocycles. The summed E-state index contributed by atoms with van der Waals surface area (Å²) in [4.78, 5) is 43.9. The van der Waals surface area contributed by atoms with Gasteiger partial charge in [-0.2, -0.15) is 0 Å². The molecule has 4 fully saturated rings.